The zero-order valence-electron chi connectivity index (χ0n) is 11.4. The maximum atomic E-state index is 12.2. The van der Waals surface area contributed by atoms with Crippen molar-refractivity contribution >= 4 is 17.8 Å². The number of esters is 1. The summed E-state index contributed by atoms with van der Waals surface area (Å²) in [5.74, 6) is -1.32. The van der Waals surface area contributed by atoms with Gasteiger partial charge in [-0.05, 0) is 26.0 Å². The van der Waals surface area contributed by atoms with E-state index in [2.05, 4.69) is 0 Å². The first-order valence-corrected chi connectivity index (χ1v) is 6.23. The van der Waals surface area contributed by atoms with Crippen molar-refractivity contribution in [2.24, 2.45) is 5.73 Å². The number of nitrogens with two attached hydrogens (primary N) is 1. The third-order valence-corrected chi connectivity index (χ3v) is 2.97. The maximum Gasteiger partial charge on any atom is 0.320 e. The predicted octanol–water partition coefficient (Wildman–Crippen LogP) is 0.563. The fourth-order valence-corrected chi connectivity index (χ4v) is 2.15. The quantitative estimate of drug-likeness (QED) is 0.641. The molecule has 0 radical (unpaired) electrons. The SMILES string of the molecule is CC(C)(CN1C(=O)c2ccccc2C1=O)OC(=O)CN. The Morgan fingerprint density at radius 2 is 1.70 bits per heavy atom. The molecule has 2 N–H and O–H groups in total. The van der Waals surface area contributed by atoms with Gasteiger partial charge in [0.1, 0.15) is 5.60 Å². The molecule has 0 unspecified atom stereocenters. The van der Waals surface area contributed by atoms with Gasteiger partial charge >= 0.3 is 5.97 Å². The minimum atomic E-state index is -0.982. The zero-order valence-corrected chi connectivity index (χ0v) is 11.4. The second kappa shape index (κ2) is 5.05. The topological polar surface area (TPSA) is 89.7 Å². The van der Waals surface area contributed by atoms with Crippen LogP contribution in [0.4, 0.5) is 0 Å². The molecular weight excluding hydrogens is 260 g/mol. The van der Waals surface area contributed by atoms with Gasteiger partial charge in [0.25, 0.3) is 11.8 Å². The van der Waals surface area contributed by atoms with Gasteiger partial charge in [0.05, 0.1) is 24.2 Å². The normalized spacial score (nSPS) is 14.4. The molecule has 0 saturated carbocycles. The number of imide groups is 1. The van der Waals surface area contributed by atoms with Crippen molar-refractivity contribution < 1.29 is 19.1 Å². The molecule has 6 heteroatoms. The summed E-state index contributed by atoms with van der Waals surface area (Å²) in [4.78, 5) is 36.7. The van der Waals surface area contributed by atoms with Gasteiger partial charge in [-0.3, -0.25) is 19.3 Å². The van der Waals surface area contributed by atoms with E-state index >= 15 is 0 Å². The van der Waals surface area contributed by atoms with Gasteiger partial charge in [-0.1, -0.05) is 12.1 Å². The van der Waals surface area contributed by atoms with E-state index in [4.69, 9.17) is 10.5 Å². The number of benzene rings is 1. The number of rotatable bonds is 4. The van der Waals surface area contributed by atoms with Crippen LogP contribution in [-0.4, -0.2) is 41.4 Å². The van der Waals surface area contributed by atoms with E-state index in [-0.39, 0.29) is 24.9 Å². The molecule has 106 valence electrons. The third-order valence-electron chi connectivity index (χ3n) is 2.97. The monoisotopic (exact) mass is 276 g/mol. The van der Waals surface area contributed by atoms with Crippen molar-refractivity contribution in [3.8, 4) is 0 Å². The van der Waals surface area contributed by atoms with Crippen molar-refractivity contribution in [2.75, 3.05) is 13.1 Å². The van der Waals surface area contributed by atoms with Crippen LogP contribution in [0.5, 0.6) is 0 Å². The van der Waals surface area contributed by atoms with Crippen LogP contribution >= 0.6 is 0 Å². The molecule has 0 spiro atoms. The highest BCUT2D eigenvalue weighted by Gasteiger charge is 2.39. The van der Waals surface area contributed by atoms with E-state index in [9.17, 15) is 14.4 Å². The first kappa shape index (κ1) is 14.2. The molecule has 0 fully saturated rings. The van der Waals surface area contributed by atoms with Crippen LogP contribution < -0.4 is 5.73 Å². The van der Waals surface area contributed by atoms with E-state index in [0.29, 0.717) is 11.1 Å². The fraction of sp³-hybridized carbons (Fsp3) is 0.357. The van der Waals surface area contributed by atoms with E-state index in [1.54, 1.807) is 38.1 Å². The number of ether oxygens (including phenoxy) is 1. The number of carbonyl (C=O) groups is 3. The number of carbonyl (C=O) groups excluding carboxylic acids is 3. The summed E-state index contributed by atoms with van der Waals surface area (Å²) >= 11 is 0. The predicted molar refractivity (Wildman–Crippen MR) is 71.0 cm³/mol. The van der Waals surface area contributed by atoms with Crippen molar-refractivity contribution in [2.45, 2.75) is 19.4 Å². The lowest BCUT2D eigenvalue weighted by molar-refractivity contribution is -0.155. The van der Waals surface area contributed by atoms with Gasteiger partial charge < -0.3 is 10.5 Å². The van der Waals surface area contributed by atoms with Crippen LogP contribution in [0.3, 0.4) is 0 Å². The van der Waals surface area contributed by atoms with Crippen molar-refractivity contribution in [1.29, 1.82) is 0 Å². The molecule has 0 bridgehead atoms. The Labute approximate surface area is 116 Å². The van der Waals surface area contributed by atoms with Gasteiger partial charge in [0.15, 0.2) is 0 Å². The van der Waals surface area contributed by atoms with Crippen LogP contribution in [0.25, 0.3) is 0 Å². The van der Waals surface area contributed by atoms with Crippen LogP contribution in [0.15, 0.2) is 24.3 Å². The van der Waals surface area contributed by atoms with Crippen LogP contribution in [0, 0.1) is 0 Å². The zero-order chi connectivity index (χ0) is 14.9. The molecular formula is C14H16N2O4. The Morgan fingerprint density at radius 1 is 1.20 bits per heavy atom. The van der Waals surface area contributed by atoms with E-state index in [1.807, 2.05) is 0 Å². The second-order valence-electron chi connectivity index (χ2n) is 5.18. The minimum absolute atomic E-state index is 0.00884. The van der Waals surface area contributed by atoms with Crippen molar-refractivity contribution in [1.82, 2.24) is 4.90 Å². The van der Waals surface area contributed by atoms with Gasteiger partial charge in [-0.25, -0.2) is 0 Å². The van der Waals surface area contributed by atoms with Crippen molar-refractivity contribution in [3.05, 3.63) is 35.4 Å². The summed E-state index contributed by atoms with van der Waals surface area (Å²) in [6.45, 7) is 3.00. The summed E-state index contributed by atoms with van der Waals surface area (Å²) < 4.78 is 5.13. The lowest BCUT2D eigenvalue weighted by Gasteiger charge is -2.28. The third kappa shape index (κ3) is 2.55. The number of hydrogen-bond acceptors (Lipinski definition) is 5. The molecule has 0 atom stereocenters. The van der Waals surface area contributed by atoms with Gasteiger partial charge in [-0.15, -0.1) is 0 Å². The minimum Gasteiger partial charge on any atom is -0.457 e. The van der Waals surface area contributed by atoms with E-state index < -0.39 is 11.6 Å². The molecule has 1 heterocycles. The van der Waals surface area contributed by atoms with Crippen molar-refractivity contribution in [3.63, 3.8) is 0 Å². The van der Waals surface area contributed by atoms with Crippen LogP contribution in [-0.2, 0) is 9.53 Å². The summed E-state index contributed by atoms with van der Waals surface area (Å²) in [6.07, 6.45) is 0. The molecule has 1 aliphatic heterocycles. The molecule has 1 aromatic carbocycles. The maximum absolute atomic E-state index is 12.2. The van der Waals surface area contributed by atoms with Gasteiger partial charge in [0, 0.05) is 0 Å². The van der Waals surface area contributed by atoms with Crippen LogP contribution in [0.2, 0.25) is 0 Å². The molecule has 6 nitrogen and oxygen atoms in total. The Hall–Kier alpha value is -2.21. The number of nitrogens with zero attached hydrogens (tertiary/aromatic N) is 1. The first-order valence-electron chi connectivity index (χ1n) is 6.23. The first-order chi connectivity index (χ1) is 9.35. The fourth-order valence-electron chi connectivity index (χ4n) is 2.15. The van der Waals surface area contributed by atoms with E-state index in [0.717, 1.165) is 4.90 Å². The molecule has 0 aromatic heterocycles. The number of fused-ring (bicyclic) bond motifs is 1. The average molecular weight is 276 g/mol. The molecule has 20 heavy (non-hydrogen) atoms. The Bertz CT molecular complexity index is 545. The van der Waals surface area contributed by atoms with Gasteiger partial charge in [-0.2, -0.15) is 0 Å². The second-order valence-corrected chi connectivity index (χ2v) is 5.18. The summed E-state index contributed by atoms with van der Waals surface area (Å²) in [5.41, 5.74) is 4.95. The molecule has 1 aromatic rings. The molecule has 2 amide bonds. The van der Waals surface area contributed by atoms with E-state index in [1.165, 1.54) is 0 Å². The Morgan fingerprint density at radius 3 is 2.15 bits per heavy atom. The Kier molecular flexibility index (Phi) is 3.59. The highest BCUT2D eigenvalue weighted by Crippen LogP contribution is 2.25. The Balaban J connectivity index is 2.18. The largest absolute Gasteiger partial charge is 0.457 e. The van der Waals surface area contributed by atoms with Gasteiger partial charge in [0.2, 0.25) is 0 Å². The standard InChI is InChI=1S/C14H16N2O4/c1-14(2,20-11(17)7-15)8-16-12(18)9-5-3-4-6-10(9)13(16)19/h3-6H,7-8,15H2,1-2H3. The summed E-state index contributed by atoms with van der Waals surface area (Å²) in [5, 5.41) is 0. The smallest absolute Gasteiger partial charge is 0.320 e. The molecule has 2 rings (SSSR count). The molecule has 0 aliphatic carbocycles. The molecule has 1 aliphatic rings. The summed E-state index contributed by atoms with van der Waals surface area (Å²) in [6, 6.07) is 6.61. The number of hydrogen-bond donors (Lipinski definition) is 1. The average Bonchev–Trinajstić information content (AvgIpc) is 2.64. The highest BCUT2D eigenvalue weighted by atomic mass is 16.6. The molecule has 0 saturated heterocycles. The summed E-state index contributed by atoms with van der Waals surface area (Å²) in [7, 11) is 0. The lowest BCUT2D eigenvalue weighted by Crippen LogP contribution is -2.45. The number of amides is 2. The lowest BCUT2D eigenvalue weighted by atomic mass is 10.1. The van der Waals surface area contributed by atoms with Crippen LogP contribution in [0.1, 0.15) is 34.6 Å². The highest BCUT2D eigenvalue weighted by molar-refractivity contribution is 6.21.